The molecule has 1 aliphatic rings. The molecule has 1 amide bonds. The lowest BCUT2D eigenvalue weighted by atomic mass is 10.1. The number of carbonyl (C=O) groups excluding carboxylic acids is 1. The van der Waals surface area contributed by atoms with Crippen LogP contribution >= 0.6 is 11.6 Å². The predicted molar refractivity (Wildman–Crippen MR) is 102 cm³/mol. The molecule has 1 atom stereocenters. The zero-order valence-corrected chi connectivity index (χ0v) is 14.5. The number of para-hydroxylation sites is 2. The Balaban J connectivity index is 1.84. The summed E-state index contributed by atoms with van der Waals surface area (Å²) < 4.78 is 0. The van der Waals surface area contributed by atoms with E-state index in [2.05, 4.69) is 5.32 Å². The Morgan fingerprint density at radius 2 is 1.60 bits per heavy atom. The molecule has 3 nitrogen and oxygen atoms in total. The number of nitrogens with zero attached hydrogens (tertiary/aromatic N) is 1. The van der Waals surface area contributed by atoms with Gasteiger partial charge in [0.1, 0.15) is 6.17 Å². The van der Waals surface area contributed by atoms with Crippen molar-refractivity contribution in [2.45, 2.75) is 13.1 Å². The van der Waals surface area contributed by atoms with Gasteiger partial charge in [-0.1, -0.05) is 60.1 Å². The van der Waals surface area contributed by atoms with E-state index in [4.69, 9.17) is 11.6 Å². The number of benzene rings is 3. The van der Waals surface area contributed by atoms with Gasteiger partial charge in [0.25, 0.3) is 5.91 Å². The first-order valence-electron chi connectivity index (χ1n) is 8.16. The van der Waals surface area contributed by atoms with E-state index in [0.717, 1.165) is 28.1 Å². The summed E-state index contributed by atoms with van der Waals surface area (Å²) in [5.41, 5.74) is 4.42. The molecule has 3 aromatic carbocycles. The lowest BCUT2D eigenvalue weighted by molar-refractivity contribution is 0.0993. The van der Waals surface area contributed by atoms with Crippen LogP contribution < -0.4 is 10.2 Å². The lowest BCUT2D eigenvalue weighted by Gasteiger charge is -2.28. The minimum atomic E-state index is -0.301. The van der Waals surface area contributed by atoms with Gasteiger partial charge in [0, 0.05) is 16.8 Å². The molecule has 0 bridgehead atoms. The van der Waals surface area contributed by atoms with Gasteiger partial charge in [-0.25, -0.2) is 0 Å². The van der Waals surface area contributed by atoms with Crippen molar-refractivity contribution in [1.29, 1.82) is 0 Å². The summed E-state index contributed by atoms with van der Waals surface area (Å²) in [6.07, 6.45) is -0.301. The quantitative estimate of drug-likeness (QED) is 0.685. The second kappa shape index (κ2) is 6.26. The highest BCUT2D eigenvalue weighted by Gasteiger charge is 2.38. The molecule has 4 rings (SSSR count). The van der Waals surface area contributed by atoms with Crippen molar-refractivity contribution >= 4 is 28.9 Å². The molecule has 4 heteroatoms. The zero-order chi connectivity index (χ0) is 17.4. The zero-order valence-electron chi connectivity index (χ0n) is 13.7. The van der Waals surface area contributed by atoms with Gasteiger partial charge in [0.2, 0.25) is 0 Å². The number of rotatable bonds is 3. The third-order valence-corrected chi connectivity index (χ3v) is 4.83. The van der Waals surface area contributed by atoms with E-state index in [0.29, 0.717) is 5.02 Å². The molecule has 0 saturated heterocycles. The Hall–Kier alpha value is -2.78. The van der Waals surface area contributed by atoms with E-state index in [1.54, 1.807) is 0 Å². The van der Waals surface area contributed by atoms with E-state index in [1.165, 1.54) is 0 Å². The van der Waals surface area contributed by atoms with Gasteiger partial charge in [-0.3, -0.25) is 9.69 Å². The van der Waals surface area contributed by atoms with Crippen LogP contribution in [0.5, 0.6) is 0 Å². The summed E-state index contributed by atoms with van der Waals surface area (Å²) in [5.74, 6) is -0.00514. The predicted octanol–water partition coefficient (Wildman–Crippen LogP) is 5.42. The molecular weight excluding hydrogens is 332 g/mol. The molecule has 0 aliphatic carbocycles. The molecule has 0 saturated carbocycles. The van der Waals surface area contributed by atoms with Crippen molar-refractivity contribution in [2.24, 2.45) is 0 Å². The molecule has 0 unspecified atom stereocenters. The molecule has 1 heterocycles. The number of hydrogen-bond acceptors (Lipinski definition) is 2. The van der Waals surface area contributed by atoms with Crippen molar-refractivity contribution in [3.63, 3.8) is 0 Å². The summed E-state index contributed by atoms with van der Waals surface area (Å²) in [7, 11) is 0. The summed E-state index contributed by atoms with van der Waals surface area (Å²) in [5, 5.41) is 4.07. The average Bonchev–Trinajstić information content (AvgIpc) is 2.90. The third-order valence-electron chi connectivity index (χ3n) is 4.50. The molecule has 1 aliphatic heterocycles. The third kappa shape index (κ3) is 2.67. The highest BCUT2D eigenvalue weighted by atomic mass is 35.5. The highest BCUT2D eigenvalue weighted by Crippen LogP contribution is 2.40. The van der Waals surface area contributed by atoms with Crippen LogP contribution in [0.15, 0.2) is 72.8 Å². The van der Waals surface area contributed by atoms with Gasteiger partial charge in [-0.15, -0.1) is 0 Å². The number of halogens is 1. The number of amides is 1. The minimum absolute atomic E-state index is 0.00514. The van der Waals surface area contributed by atoms with Crippen LogP contribution in [0.4, 0.5) is 11.4 Å². The molecule has 25 heavy (non-hydrogen) atoms. The first kappa shape index (κ1) is 15.7. The molecular formula is C21H17ClN2O. The summed E-state index contributed by atoms with van der Waals surface area (Å²) in [6.45, 7) is 2.01. The Morgan fingerprint density at radius 1 is 0.920 bits per heavy atom. The average molecular weight is 349 g/mol. The number of fused-ring (bicyclic) bond motifs is 1. The Kier molecular flexibility index (Phi) is 3.94. The maximum Gasteiger partial charge on any atom is 0.260 e. The van der Waals surface area contributed by atoms with Crippen LogP contribution in [0.1, 0.15) is 27.7 Å². The van der Waals surface area contributed by atoms with Crippen molar-refractivity contribution in [2.75, 3.05) is 10.2 Å². The fourth-order valence-corrected chi connectivity index (χ4v) is 3.46. The van der Waals surface area contributed by atoms with Crippen LogP contribution in [0.3, 0.4) is 0 Å². The SMILES string of the molecule is Cc1ccccc1N1C(=O)c2ccccc2[C@@H]1Nc1ccccc1Cl. The minimum Gasteiger partial charge on any atom is -0.360 e. The first-order chi connectivity index (χ1) is 12.2. The van der Waals surface area contributed by atoms with Gasteiger partial charge in [0.15, 0.2) is 0 Å². The monoisotopic (exact) mass is 348 g/mol. The van der Waals surface area contributed by atoms with E-state index < -0.39 is 0 Å². The summed E-state index contributed by atoms with van der Waals surface area (Å²) >= 11 is 6.33. The second-order valence-electron chi connectivity index (χ2n) is 6.08. The van der Waals surface area contributed by atoms with E-state index in [-0.39, 0.29) is 12.1 Å². The van der Waals surface area contributed by atoms with Crippen LogP contribution in [-0.2, 0) is 0 Å². The van der Waals surface area contributed by atoms with E-state index >= 15 is 0 Å². The smallest absolute Gasteiger partial charge is 0.260 e. The number of carbonyl (C=O) groups is 1. The standard InChI is InChI=1S/C21H17ClN2O/c1-14-8-2-7-13-19(14)24-20(23-18-12-6-5-11-17(18)22)15-9-3-4-10-16(15)21(24)25/h2-13,20,23H,1H3/t20-/m1/s1. The van der Waals surface area contributed by atoms with Gasteiger partial charge < -0.3 is 5.32 Å². The Bertz CT molecular complexity index is 954. The molecule has 1 N–H and O–H groups in total. The van der Waals surface area contributed by atoms with Crippen molar-refractivity contribution in [3.05, 3.63) is 94.5 Å². The number of hydrogen-bond donors (Lipinski definition) is 1. The van der Waals surface area contributed by atoms with Gasteiger partial charge in [0.05, 0.1) is 10.7 Å². The van der Waals surface area contributed by atoms with Gasteiger partial charge in [-0.2, -0.15) is 0 Å². The highest BCUT2D eigenvalue weighted by molar-refractivity contribution is 6.33. The van der Waals surface area contributed by atoms with Crippen LogP contribution in [0.2, 0.25) is 5.02 Å². The summed E-state index contributed by atoms with van der Waals surface area (Å²) in [6, 6.07) is 23.2. The molecule has 3 aromatic rings. The molecule has 124 valence electrons. The van der Waals surface area contributed by atoms with Crippen molar-refractivity contribution in [3.8, 4) is 0 Å². The largest absolute Gasteiger partial charge is 0.360 e. The number of aryl methyl sites for hydroxylation is 1. The van der Waals surface area contributed by atoms with Crippen molar-refractivity contribution in [1.82, 2.24) is 0 Å². The van der Waals surface area contributed by atoms with Crippen LogP contribution in [0, 0.1) is 6.92 Å². The first-order valence-corrected chi connectivity index (χ1v) is 8.54. The normalized spacial score (nSPS) is 16.0. The molecule has 0 fully saturated rings. The molecule has 0 radical (unpaired) electrons. The van der Waals surface area contributed by atoms with Gasteiger partial charge in [-0.05, 0) is 36.8 Å². The fraction of sp³-hybridized carbons (Fsp3) is 0.0952. The topological polar surface area (TPSA) is 32.3 Å². The van der Waals surface area contributed by atoms with Gasteiger partial charge >= 0.3 is 0 Å². The number of anilines is 2. The summed E-state index contributed by atoms with van der Waals surface area (Å²) in [4.78, 5) is 14.9. The Morgan fingerprint density at radius 3 is 2.40 bits per heavy atom. The second-order valence-corrected chi connectivity index (χ2v) is 6.48. The number of nitrogens with one attached hydrogen (secondary N) is 1. The molecule has 0 aromatic heterocycles. The van der Waals surface area contributed by atoms with Crippen LogP contribution in [0.25, 0.3) is 0 Å². The van der Waals surface area contributed by atoms with Crippen LogP contribution in [-0.4, -0.2) is 5.91 Å². The van der Waals surface area contributed by atoms with E-state index in [9.17, 15) is 4.79 Å². The van der Waals surface area contributed by atoms with Crippen molar-refractivity contribution < 1.29 is 4.79 Å². The Labute approximate surface area is 151 Å². The molecule has 0 spiro atoms. The maximum atomic E-state index is 13.1. The fourth-order valence-electron chi connectivity index (χ4n) is 3.27. The maximum absolute atomic E-state index is 13.1. The van der Waals surface area contributed by atoms with E-state index in [1.807, 2.05) is 84.6 Å². The lowest BCUT2D eigenvalue weighted by Crippen LogP contribution is -2.32.